The fourth-order valence-corrected chi connectivity index (χ4v) is 4.84. The molecule has 2 N–H and O–H groups in total. The predicted octanol–water partition coefficient (Wildman–Crippen LogP) is 4.34. The van der Waals surface area contributed by atoms with Gasteiger partial charge in [0.1, 0.15) is 0 Å². The van der Waals surface area contributed by atoms with Gasteiger partial charge >= 0.3 is 0 Å². The highest BCUT2D eigenvalue weighted by molar-refractivity contribution is 5.98. The maximum Gasteiger partial charge on any atom is 0.253 e. The highest BCUT2D eigenvalue weighted by Crippen LogP contribution is 2.32. The molecular formula is C25H29N5O. The van der Waals surface area contributed by atoms with Crippen LogP contribution in [0.1, 0.15) is 43.1 Å². The molecule has 160 valence electrons. The Morgan fingerprint density at radius 2 is 1.94 bits per heavy atom. The summed E-state index contributed by atoms with van der Waals surface area (Å²) in [5.41, 5.74) is 10.9. The van der Waals surface area contributed by atoms with Gasteiger partial charge < -0.3 is 19.8 Å². The Labute approximate surface area is 182 Å². The minimum Gasteiger partial charge on any atom is -0.337 e. The number of amides is 1. The van der Waals surface area contributed by atoms with Crippen molar-refractivity contribution in [1.29, 1.82) is 0 Å². The van der Waals surface area contributed by atoms with E-state index >= 15 is 0 Å². The molecule has 1 saturated heterocycles. The van der Waals surface area contributed by atoms with Crippen LogP contribution in [-0.2, 0) is 7.05 Å². The summed E-state index contributed by atoms with van der Waals surface area (Å²) >= 11 is 0. The lowest BCUT2D eigenvalue weighted by atomic mass is 10.1. The zero-order chi connectivity index (χ0) is 21.7. The van der Waals surface area contributed by atoms with Crippen molar-refractivity contribution in [2.45, 2.75) is 38.8 Å². The fourth-order valence-electron chi connectivity index (χ4n) is 4.84. The Morgan fingerprint density at radius 1 is 1.13 bits per heavy atom. The van der Waals surface area contributed by atoms with Crippen LogP contribution in [0.5, 0.6) is 0 Å². The first-order valence-electron chi connectivity index (χ1n) is 11.1. The molecule has 6 heteroatoms. The molecule has 2 aromatic heterocycles. The van der Waals surface area contributed by atoms with Crippen molar-refractivity contribution in [1.82, 2.24) is 19.0 Å². The van der Waals surface area contributed by atoms with Gasteiger partial charge in [0, 0.05) is 48.7 Å². The standard InChI is InChI=1S/C25H29N5O/c1-16(2)30-21-9-5-4-7-17(21)14-23(30)24-27-20-13-18(10-11-22(20)28(24)3)25(31)29-12-6-8-19(26)15-29/h4-5,7,9-11,13-14,16,19H,6,8,12,15,26H2,1-3H3/t19-/m1/s1. The van der Waals surface area contributed by atoms with Gasteiger partial charge in [0.25, 0.3) is 5.91 Å². The number of carbonyl (C=O) groups excluding carboxylic acids is 1. The van der Waals surface area contributed by atoms with Gasteiger partial charge in [0.15, 0.2) is 5.82 Å². The number of benzene rings is 2. The van der Waals surface area contributed by atoms with Crippen molar-refractivity contribution < 1.29 is 4.79 Å². The Kier molecular flexibility index (Phi) is 4.82. The van der Waals surface area contributed by atoms with Crippen LogP contribution in [-0.4, -0.2) is 44.1 Å². The largest absolute Gasteiger partial charge is 0.337 e. The summed E-state index contributed by atoms with van der Waals surface area (Å²) in [5, 5.41) is 1.20. The third-order valence-electron chi connectivity index (χ3n) is 6.37. The molecule has 0 aliphatic carbocycles. The summed E-state index contributed by atoms with van der Waals surface area (Å²) in [4.78, 5) is 19.9. The van der Waals surface area contributed by atoms with Crippen LogP contribution in [0.3, 0.4) is 0 Å². The molecule has 0 unspecified atom stereocenters. The molecule has 0 saturated carbocycles. The summed E-state index contributed by atoms with van der Waals surface area (Å²) in [5.74, 6) is 0.949. The van der Waals surface area contributed by atoms with Gasteiger partial charge in [0.05, 0.1) is 16.7 Å². The maximum absolute atomic E-state index is 13.0. The second kappa shape index (κ2) is 7.54. The monoisotopic (exact) mass is 415 g/mol. The lowest BCUT2D eigenvalue weighted by Gasteiger charge is -2.30. The Balaban J connectivity index is 1.59. The van der Waals surface area contributed by atoms with Gasteiger partial charge in [-0.05, 0) is 57.0 Å². The first kappa shape index (κ1) is 19.8. The van der Waals surface area contributed by atoms with Gasteiger partial charge in [-0.15, -0.1) is 0 Å². The third kappa shape index (κ3) is 3.31. The van der Waals surface area contributed by atoms with Gasteiger partial charge in [-0.3, -0.25) is 4.79 Å². The zero-order valence-corrected chi connectivity index (χ0v) is 18.4. The number of aromatic nitrogens is 3. The number of para-hydroxylation sites is 1. The van der Waals surface area contributed by atoms with Crippen LogP contribution in [0.25, 0.3) is 33.5 Å². The fraction of sp³-hybridized carbons (Fsp3) is 0.360. The molecule has 6 nitrogen and oxygen atoms in total. The number of likely N-dealkylation sites (tertiary alicyclic amines) is 1. The summed E-state index contributed by atoms with van der Waals surface area (Å²) in [6, 6.07) is 16.8. The van der Waals surface area contributed by atoms with E-state index in [4.69, 9.17) is 10.7 Å². The molecule has 0 spiro atoms. The summed E-state index contributed by atoms with van der Waals surface area (Å²) in [7, 11) is 2.04. The number of imidazole rings is 1. The van der Waals surface area contributed by atoms with E-state index in [9.17, 15) is 4.79 Å². The SMILES string of the molecule is CC(C)n1c(-c2nc3cc(C(=O)N4CCC[C@@H](N)C4)ccc3n2C)cc2ccccc21. The minimum atomic E-state index is 0.0422. The number of rotatable bonds is 3. The highest BCUT2D eigenvalue weighted by Gasteiger charge is 2.24. The number of hydrogen-bond acceptors (Lipinski definition) is 3. The Bertz CT molecular complexity index is 1280. The number of hydrogen-bond donors (Lipinski definition) is 1. The zero-order valence-electron chi connectivity index (χ0n) is 18.4. The maximum atomic E-state index is 13.0. The van der Waals surface area contributed by atoms with E-state index in [0.717, 1.165) is 41.9 Å². The van der Waals surface area contributed by atoms with Crippen molar-refractivity contribution in [3.05, 3.63) is 54.1 Å². The molecule has 1 atom stereocenters. The first-order chi connectivity index (χ1) is 14.9. The second-order valence-corrected chi connectivity index (χ2v) is 8.90. The summed E-state index contributed by atoms with van der Waals surface area (Å²) in [6.45, 7) is 5.78. The van der Waals surface area contributed by atoms with E-state index in [1.165, 1.54) is 10.9 Å². The van der Waals surface area contributed by atoms with Crippen molar-refractivity contribution in [2.24, 2.45) is 12.8 Å². The molecular weight excluding hydrogens is 386 g/mol. The average Bonchev–Trinajstić information content (AvgIpc) is 3.30. The Morgan fingerprint density at radius 3 is 2.71 bits per heavy atom. The van der Waals surface area contributed by atoms with Crippen LogP contribution in [0, 0.1) is 0 Å². The van der Waals surface area contributed by atoms with Gasteiger partial charge in [-0.2, -0.15) is 0 Å². The molecule has 1 fully saturated rings. The molecule has 1 amide bonds. The van der Waals surface area contributed by atoms with Crippen molar-refractivity contribution in [3.8, 4) is 11.5 Å². The number of nitrogens with zero attached hydrogens (tertiary/aromatic N) is 4. The average molecular weight is 416 g/mol. The molecule has 3 heterocycles. The van der Waals surface area contributed by atoms with Crippen LogP contribution >= 0.6 is 0 Å². The van der Waals surface area contributed by atoms with Crippen LogP contribution in [0.4, 0.5) is 0 Å². The lowest BCUT2D eigenvalue weighted by Crippen LogP contribution is -2.45. The minimum absolute atomic E-state index is 0.0422. The number of fused-ring (bicyclic) bond motifs is 2. The lowest BCUT2D eigenvalue weighted by molar-refractivity contribution is 0.0709. The first-order valence-corrected chi connectivity index (χ1v) is 11.1. The summed E-state index contributed by atoms with van der Waals surface area (Å²) in [6.07, 6.45) is 1.94. The van der Waals surface area contributed by atoms with E-state index in [0.29, 0.717) is 18.2 Å². The van der Waals surface area contributed by atoms with Crippen molar-refractivity contribution in [2.75, 3.05) is 13.1 Å². The number of carbonyl (C=O) groups is 1. The molecule has 1 aliphatic heterocycles. The van der Waals surface area contributed by atoms with Gasteiger partial charge in [0.2, 0.25) is 0 Å². The number of nitrogens with two attached hydrogens (primary N) is 1. The molecule has 0 bridgehead atoms. The number of aryl methyl sites for hydroxylation is 1. The van der Waals surface area contributed by atoms with Gasteiger partial charge in [-0.1, -0.05) is 18.2 Å². The van der Waals surface area contributed by atoms with E-state index in [1.807, 2.05) is 30.1 Å². The smallest absolute Gasteiger partial charge is 0.253 e. The second-order valence-electron chi connectivity index (χ2n) is 8.90. The Hall–Kier alpha value is -3.12. The van der Waals surface area contributed by atoms with E-state index in [1.54, 1.807) is 0 Å². The van der Waals surface area contributed by atoms with Crippen LogP contribution in [0.2, 0.25) is 0 Å². The van der Waals surface area contributed by atoms with Crippen molar-refractivity contribution in [3.63, 3.8) is 0 Å². The topological polar surface area (TPSA) is 69.1 Å². The van der Waals surface area contributed by atoms with Crippen molar-refractivity contribution >= 4 is 27.8 Å². The quantitative estimate of drug-likeness (QED) is 0.541. The highest BCUT2D eigenvalue weighted by atomic mass is 16.2. The van der Waals surface area contributed by atoms with E-state index in [-0.39, 0.29) is 11.9 Å². The van der Waals surface area contributed by atoms with Crippen LogP contribution < -0.4 is 5.73 Å². The molecule has 4 aromatic rings. The molecule has 5 rings (SSSR count). The molecule has 1 aliphatic rings. The van der Waals surface area contributed by atoms with E-state index in [2.05, 4.69) is 53.3 Å². The predicted molar refractivity (Wildman–Crippen MR) is 125 cm³/mol. The number of piperidine rings is 1. The third-order valence-corrected chi connectivity index (χ3v) is 6.37. The van der Waals surface area contributed by atoms with Gasteiger partial charge in [-0.25, -0.2) is 4.98 Å². The van der Waals surface area contributed by atoms with Crippen LogP contribution in [0.15, 0.2) is 48.5 Å². The summed E-state index contributed by atoms with van der Waals surface area (Å²) < 4.78 is 4.45. The molecule has 0 radical (unpaired) electrons. The van der Waals surface area contributed by atoms with E-state index < -0.39 is 0 Å². The molecule has 2 aromatic carbocycles. The molecule has 31 heavy (non-hydrogen) atoms. The normalized spacial score (nSPS) is 17.2.